The smallest absolute Gasteiger partial charge is 0.232 e. The molecule has 1 heterocycles. The van der Waals surface area contributed by atoms with Gasteiger partial charge in [-0.3, -0.25) is 19.3 Å². The first-order chi connectivity index (χ1) is 8.49. The average molecular weight is 251 g/mol. The van der Waals surface area contributed by atoms with E-state index in [0.29, 0.717) is 18.9 Å². The van der Waals surface area contributed by atoms with Crippen molar-refractivity contribution >= 4 is 17.6 Å². The maximum Gasteiger partial charge on any atom is 0.232 e. The van der Waals surface area contributed by atoms with E-state index in [1.165, 1.54) is 4.90 Å². The van der Waals surface area contributed by atoms with Crippen molar-refractivity contribution in [2.24, 2.45) is 17.8 Å². The van der Waals surface area contributed by atoms with E-state index in [2.05, 4.69) is 0 Å². The molecule has 1 saturated carbocycles. The van der Waals surface area contributed by atoms with E-state index in [-0.39, 0.29) is 29.4 Å². The van der Waals surface area contributed by atoms with Gasteiger partial charge in [0.2, 0.25) is 11.8 Å². The Morgan fingerprint density at radius 2 is 1.83 bits per heavy atom. The van der Waals surface area contributed by atoms with Crippen LogP contribution >= 0.6 is 0 Å². The highest BCUT2D eigenvalue weighted by atomic mass is 16.2. The van der Waals surface area contributed by atoms with E-state index in [1.54, 1.807) is 6.92 Å². The normalized spacial score (nSPS) is 33.0. The number of hydrogen-bond acceptors (Lipinski definition) is 3. The van der Waals surface area contributed by atoms with Gasteiger partial charge in [-0.1, -0.05) is 6.92 Å². The molecule has 0 N–H and O–H groups in total. The number of nitrogens with zero attached hydrogens (tertiary/aromatic N) is 1. The molecule has 0 aromatic carbocycles. The summed E-state index contributed by atoms with van der Waals surface area (Å²) in [6.45, 7) is 4.03. The zero-order valence-corrected chi connectivity index (χ0v) is 11.1. The first-order valence-electron chi connectivity index (χ1n) is 6.83. The van der Waals surface area contributed by atoms with Gasteiger partial charge >= 0.3 is 0 Å². The van der Waals surface area contributed by atoms with Gasteiger partial charge in [-0.15, -0.1) is 0 Å². The number of ketones is 1. The molecule has 1 saturated heterocycles. The van der Waals surface area contributed by atoms with Crippen molar-refractivity contribution in [3.8, 4) is 0 Å². The molecule has 100 valence electrons. The summed E-state index contributed by atoms with van der Waals surface area (Å²) in [6, 6.07) is 0. The first kappa shape index (κ1) is 13.2. The molecule has 1 aliphatic carbocycles. The van der Waals surface area contributed by atoms with Crippen molar-refractivity contribution in [2.75, 3.05) is 6.54 Å². The SMILES string of the molecule is CC(=O)C1CCC(CN2C(=O)CC(C)C2=O)CC1. The Labute approximate surface area is 108 Å². The molecule has 1 unspecified atom stereocenters. The fraction of sp³-hybridized carbons (Fsp3) is 0.786. The van der Waals surface area contributed by atoms with E-state index < -0.39 is 0 Å². The molecule has 0 radical (unpaired) electrons. The molecule has 0 bridgehead atoms. The molecule has 2 fully saturated rings. The minimum atomic E-state index is -0.147. The monoisotopic (exact) mass is 251 g/mol. The molecule has 4 nitrogen and oxygen atoms in total. The van der Waals surface area contributed by atoms with Crippen molar-refractivity contribution in [3.63, 3.8) is 0 Å². The average Bonchev–Trinajstić information content (AvgIpc) is 2.57. The molecule has 1 atom stereocenters. The van der Waals surface area contributed by atoms with Crippen LogP contribution in [0.15, 0.2) is 0 Å². The molecule has 2 aliphatic rings. The van der Waals surface area contributed by atoms with Crippen LogP contribution < -0.4 is 0 Å². The Morgan fingerprint density at radius 1 is 1.22 bits per heavy atom. The van der Waals surface area contributed by atoms with Crippen LogP contribution in [0.5, 0.6) is 0 Å². The molecule has 0 spiro atoms. The first-order valence-corrected chi connectivity index (χ1v) is 6.83. The topological polar surface area (TPSA) is 54.5 Å². The third kappa shape index (κ3) is 2.62. The van der Waals surface area contributed by atoms with E-state index in [9.17, 15) is 14.4 Å². The van der Waals surface area contributed by atoms with Crippen LogP contribution in [0.3, 0.4) is 0 Å². The Morgan fingerprint density at radius 3 is 2.28 bits per heavy atom. The minimum absolute atomic E-state index is 0.0197. The minimum Gasteiger partial charge on any atom is -0.300 e. The molecule has 1 aliphatic heterocycles. The summed E-state index contributed by atoms with van der Waals surface area (Å²) in [6.07, 6.45) is 4.09. The predicted molar refractivity (Wildman–Crippen MR) is 66.6 cm³/mol. The Balaban J connectivity index is 1.87. The maximum absolute atomic E-state index is 11.8. The molecule has 0 aromatic heterocycles. The Kier molecular flexibility index (Phi) is 3.83. The molecule has 0 aromatic rings. The van der Waals surface area contributed by atoms with E-state index in [4.69, 9.17) is 0 Å². The van der Waals surface area contributed by atoms with Crippen molar-refractivity contribution in [3.05, 3.63) is 0 Å². The maximum atomic E-state index is 11.8. The van der Waals surface area contributed by atoms with Gasteiger partial charge in [-0.2, -0.15) is 0 Å². The van der Waals surface area contributed by atoms with Crippen LogP contribution in [-0.4, -0.2) is 29.0 Å². The molecule has 4 heteroatoms. The van der Waals surface area contributed by atoms with Gasteiger partial charge in [0.05, 0.1) is 0 Å². The highest BCUT2D eigenvalue weighted by molar-refractivity contribution is 6.03. The number of amides is 2. The second-order valence-electron chi connectivity index (χ2n) is 5.78. The zero-order chi connectivity index (χ0) is 13.3. The summed E-state index contributed by atoms with van der Waals surface area (Å²) < 4.78 is 0. The molecule has 2 amide bonds. The lowest BCUT2D eigenvalue weighted by atomic mass is 9.80. The van der Waals surface area contributed by atoms with Gasteiger partial charge in [0.15, 0.2) is 0 Å². The third-order valence-corrected chi connectivity index (χ3v) is 4.33. The molecular weight excluding hydrogens is 230 g/mol. The molecule has 2 rings (SSSR count). The lowest BCUT2D eigenvalue weighted by Gasteiger charge is -2.29. The highest BCUT2D eigenvalue weighted by Crippen LogP contribution is 2.31. The fourth-order valence-electron chi connectivity index (χ4n) is 3.05. The summed E-state index contributed by atoms with van der Waals surface area (Å²) in [4.78, 5) is 36.2. The Bertz CT molecular complexity index is 369. The third-order valence-electron chi connectivity index (χ3n) is 4.33. The summed E-state index contributed by atoms with van der Waals surface area (Å²) in [5.74, 6) is 0.667. The largest absolute Gasteiger partial charge is 0.300 e. The summed E-state index contributed by atoms with van der Waals surface area (Å²) in [5.41, 5.74) is 0. The second kappa shape index (κ2) is 5.21. The summed E-state index contributed by atoms with van der Waals surface area (Å²) >= 11 is 0. The number of imide groups is 1. The summed E-state index contributed by atoms with van der Waals surface area (Å²) in [5, 5.41) is 0. The van der Waals surface area contributed by atoms with Gasteiger partial charge < -0.3 is 0 Å². The predicted octanol–water partition coefficient (Wildman–Crippen LogP) is 1.78. The van der Waals surface area contributed by atoms with Gasteiger partial charge in [-0.25, -0.2) is 0 Å². The van der Waals surface area contributed by atoms with Gasteiger partial charge in [0.1, 0.15) is 5.78 Å². The van der Waals surface area contributed by atoms with Crippen LogP contribution in [0.2, 0.25) is 0 Å². The molecule has 18 heavy (non-hydrogen) atoms. The van der Waals surface area contributed by atoms with E-state index in [0.717, 1.165) is 25.7 Å². The lowest BCUT2D eigenvalue weighted by Crippen LogP contribution is -2.36. The quantitative estimate of drug-likeness (QED) is 0.718. The zero-order valence-electron chi connectivity index (χ0n) is 11.1. The van der Waals surface area contributed by atoms with Gasteiger partial charge in [-0.05, 0) is 38.5 Å². The number of rotatable bonds is 3. The van der Waals surface area contributed by atoms with Crippen LogP contribution in [0.4, 0.5) is 0 Å². The number of carbonyl (C=O) groups excluding carboxylic acids is 3. The standard InChI is InChI=1S/C14H21NO3/c1-9-7-13(17)15(14(9)18)8-11-3-5-12(6-4-11)10(2)16/h9,11-12H,3-8H2,1-2H3. The number of likely N-dealkylation sites (tertiary alicyclic amines) is 1. The van der Waals surface area contributed by atoms with E-state index in [1.807, 2.05) is 6.92 Å². The second-order valence-corrected chi connectivity index (χ2v) is 5.78. The molecular formula is C14H21NO3. The van der Waals surface area contributed by atoms with Crippen LogP contribution in [-0.2, 0) is 14.4 Å². The van der Waals surface area contributed by atoms with Crippen molar-refractivity contribution in [1.29, 1.82) is 0 Å². The highest BCUT2D eigenvalue weighted by Gasteiger charge is 2.37. The lowest BCUT2D eigenvalue weighted by molar-refractivity contribution is -0.140. The number of carbonyl (C=O) groups is 3. The number of hydrogen-bond donors (Lipinski definition) is 0. The van der Waals surface area contributed by atoms with Gasteiger partial charge in [0.25, 0.3) is 0 Å². The Hall–Kier alpha value is -1.19. The van der Waals surface area contributed by atoms with Crippen LogP contribution in [0.1, 0.15) is 46.0 Å². The van der Waals surface area contributed by atoms with Crippen molar-refractivity contribution in [1.82, 2.24) is 4.90 Å². The van der Waals surface area contributed by atoms with E-state index >= 15 is 0 Å². The summed E-state index contributed by atoms with van der Waals surface area (Å²) in [7, 11) is 0. The van der Waals surface area contributed by atoms with Crippen LogP contribution in [0, 0.1) is 17.8 Å². The van der Waals surface area contributed by atoms with Crippen molar-refractivity contribution in [2.45, 2.75) is 46.0 Å². The number of Topliss-reactive ketones (excluding diaryl/α,β-unsaturated/α-hetero) is 1. The van der Waals surface area contributed by atoms with Crippen LogP contribution in [0.25, 0.3) is 0 Å². The van der Waals surface area contributed by atoms with Crippen molar-refractivity contribution < 1.29 is 14.4 Å². The van der Waals surface area contributed by atoms with Gasteiger partial charge in [0, 0.05) is 24.8 Å². The fourth-order valence-corrected chi connectivity index (χ4v) is 3.05.